The van der Waals surface area contributed by atoms with Gasteiger partial charge in [0.15, 0.2) is 11.9 Å². The quantitative estimate of drug-likeness (QED) is 0.633. The van der Waals surface area contributed by atoms with Gasteiger partial charge in [-0.2, -0.15) is 0 Å². The first-order valence-corrected chi connectivity index (χ1v) is 11.9. The molecular weight excluding hydrogens is 414 g/mol. The van der Waals surface area contributed by atoms with Crippen LogP contribution in [0.5, 0.6) is 0 Å². The molecule has 0 aliphatic heterocycles. The molecule has 0 radical (unpaired) electrons. The van der Waals surface area contributed by atoms with Gasteiger partial charge in [0.1, 0.15) is 0 Å². The van der Waals surface area contributed by atoms with Crippen molar-refractivity contribution in [1.82, 2.24) is 4.90 Å². The van der Waals surface area contributed by atoms with Crippen molar-refractivity contribution < 1.29 is 19.4 Å². The number of fused-ring (bicyclic) bond motifs is 5. The van der Waals surface area contributed by atoms with Gasteiger partial charge >= 0.3 is 5.97 Å². The molecule has 1 N–H and O–H groups in total. The molecular formula is C25H40ClNO4. The molecule has 4 aliphatic rings. The molecule has 5 nitrogen and oxygen atoms in total. The lowest BCUT2D eigenvalue weighted by Gasteiger charge is -2.58. The van der Waals surface area contributed by atoms with Crippen molar-refractivity contribution in [2.24, 2.45) is 28.6 Å². The molecule has 4 aliphatic carbocycles. The van der Waals surface area contributed by atoms with E-state index >= 15 is 0 Å². The summed E-state index contributed by atoms with van der Waals surface area (Å²) in [6, 6.07) is 0. The first-order valence-electron chi connectivity index (χ1n) is 11.9. The molecule has 0 heterocycles. The fourth-order valence-corrected chi connectivity index (χ4v) is 7.43. The number of rotatable bonds is 5. The molecule has 0 amide bonds. The van der Waals surface area contributed by atoms with Gasteiger partial charge in [0.25, 0.3) is 0 Å². The lowest BCUT2D eigenvalue weighted by Crippen LogP contribution is -2.53. The molecule has 0 aromatic heterocycles. The fraction of sp³-hybridized carbons (Fsp3) is 0.840. The Morgan fingerprint density at radius 3 is 2.65 bits per heavy atom. The Morgan fingerprint density at radius 1 is 1.19 bits per heavy atom. The molecule has 0 bridgehead atoms. The maximum atomic E-state index is 12.8. The Kier molecular flexibility index (Phi) is 7.30. The van der Waals surface area contributed by atoms with E-state index < -0.39 is 6.10 Å². The predicted octanol–water partition coefficient (Wildman–Crippen LogP) is 4.16. The monoisotopic (exact) mass is 453 g/mol. The first kappa shape index (κ1) is 24.7. The van der Waals surface area contributed by atoms with Gasteiger partial charge in [-0.25, -0.2) is 0 Å². The van der Waals surface area contributed by atoms with Gasteiger partial charge in [-0.1, -0.05) is 19.4 Å². The first-order chi connectivity index (χ1) is 14.1. The van der Waals surface area contributed by atoms with Crippen molar-refractivity contribution in [2.45, 2.75) is 83.8 Å². The van der Waals surface area contributed by atoms with Gasteiger partial charge in [0.2, 0.25) is 0 Å². The second-order valence-corrected chi connectivity index (χ2v) is 11.1. The summed E-state index contributed by atoms with van der Waals surface area (Å²) in [5.41, 5.74) is 1.26. The summed E-state index contributed by atoms with van der Waals surface area (Å²) in [5.74, 6) is 1.42. The average Bonchev–Trinajstić information content (AvgIpc) is 2.97. The summed E-state index contributed by atoms with van der Waals surface area (Å²) in [7, 11) is 3.97. The van der Waals surface area contributed by atoms with Gasteiger partial charge in [-0.05, 0) is 100 Å². The van der Waals surface area contributed by atoms with Crippen molar-refractivity contribution in [1.29, 1.82) is 0 Å². The summed E-state index contributed by atoms with van der Waals surface area (Å²) >= 11 is 0. The Bertz CT molecular complexity index is 737. The molecule has 0 aromatic carbocycles. The number of halogens is 1. The SMILES string of the molecule is CN(C)CCCC(=O)OC1C[C@@]2(C)C(=CC1=O)CCC1C2CC[C@@]2(C)C1CC[C@@H]2O.Cl. The van der Waals surface area contributed by atoms with Crippen molar-refractivity contribution in [3.63, 3.8) is 0 Å². The number of ether oxygens (including phenoxy) is 1. The maximum Gasteiger partial charge on any atom is 0.306 e. The summed E-state index contributed by atoms with van der Waals surface area (Å²) in [6.07, 6.45) is 9.05. The van der Waals surface area contributed by atoms with E-state index in [4.69, 9.17) is 4.74 Å². The average molecular weight is 454 g/mol. The number of esters is 1. The van der Waals surface area contributed by atoms with Crippen molar-refractivity contribution in [3.05, 3.63) is 11.6 Å². The molecule has 4 unspecified atom stereocenters. The van der Waals surface area contributed by atoms with Crippen LogP contribution < -0.4 is 0 Å². The van der Waals surface area contributed by atoms with E-state index in [1.54, 1.807) is 0 Å². The number of aliphatic hydroxyl groups is 1. The summed E-state index contributed by atoms with van der Waals surface area (Å²) in [4.78, 5) is 27.2. The second-order valence-electron chi connectivity index (χ2n) is 11.1. The zero-order valence-corrected chi connectivity index (χ0v) is 20.4. The third-order valence-corrected chi connectivity index (χ3v) is 9.19. The molecule has 3 fully saturated rings. The molecule has 3 saturated carbocycles. The highest BCUT2D eigenvalue weighted by atomic mass is 35.5. The lowest BCUT2D eigenvalue weighted by molar-refractivity contribution is -0.158. The van der Waals surface area contributed by atoms with Crippen LogP contribution in [0.25, 0.3) is 0 Å². The number of nitrogens with zero attached hydrogens (tertiary/aromatic N) is 1. The van der Waals surface area contributed by atoms with Gasteiger partial charge < -0.3 is 14.7 Å². The van der Waals surface area contributed by atoms with Crippen LogP contribution in [0.3, 0.4) is 0 Å². The minimum absolute atomic E-state index is 0. The smallest absolute Gasteiger partial charge is 0.306 e. The molecule has 6 heteroatoms. The molecule has 0 spiro atoms. The van der Waals surface area contributed by atoms with E-state index in [1.807, 2.05) is 25.1 Å². The topological polar surface area (TPSA) is 66.8 Å². The third kappa shape index (κ3) is 4.35. The van der Waals surface area contributed by atoms with E-state index in [-0.39, 0.29) is 41.1 Å². The zero-order valence-electron chi connectivity index (χ0n) is 19.6. The van der Waals surface area contributed by atoms with Crippen LogP contribution in [0.4, 0.5) is 0 Å². The number of allylic oxidation sites excluding steroid dienone is 1. The molecule has 0 aromatic rings. The number of carbonyl (C=O) groups excluding carboxylic acids is 2. The summed E-state index contributed by atoms with van der Waals surface area (Å²) in [6.45, 7) is 5.44. The van der Waals surface area contributed by atoms with Gasteiger partial charge in [-0.3, -0.25) is 9.59 Å². The number of aliphatic hydroxyl groups excluding tert-OH is 1. The van der Waals surface area contributed by atoms with E-state index in [1.165, 1.54) is 5.57 Å². The molecule has 0 saturated heterocycles. The molecule has 4 rings (SSSR count). The highest BCUT2D eigenvalue weighted by Crippen LogP contribution is 2.65. The Balaban J connectivity index is 0.00000272. The standard InChI is InChI=1S/C25H39NO4.ClH/c1-24-12-11-19-17(18(24)9-10-22(24)28)8-7-16-14-20(27)21(15-25(16,19)2)30-23(29)6-5-13-26(3)4;/h14,17-19,21-22,28H,5-13,15H2,1-4H3;1H/t17?,18?,19?,21?,22-,24-,25-;/m0./s1. The zero-order chi connectivity index (χ0) is 21.7. The second kappa shape index (κ2) is 9.15. The highest BCUT2D eigenvalue weighted by molar-refractivity contribution is 5.96. The number of carbonyl (C=O) groups is 2. The number of hydrogen-bond donors (Lipinski definition) is 1. The van der Waals surface area contributed by atoms with E-state index in [0.717, 1.165) is 51.5 Å². The normalized spacial score (nSPS) is 41.5. The van der Waals surface area contributed by atoms with Gasteiger partial charge in [-0.15, -0.1) is 12.4 Å². The van der Waals surface area contributed by atoms with Crippen LogP contribution in [0.15, 0.2) is 11.6 Å². The summed E-state index contributed by atoms with van der Waals surface area (Å²) in [5, 5.41) is 10.6. The largest absolute Gasteiger partial charge is 0.454 e. The number of ketones is 1. The minimum Gasteiger partial charge on any atom is -0.454 e. The van der Waals surface area contributed by atoms with Crippen LogP contribution in [0.2, 0.25) is 0 Å². The van der Waals surface area contributed by atoms with Gasteiger partial charge in [0.05, 0.1) is 6.10 Å². The van der Waals surface area contributed by atoms with Crippen LogP contribution >= 0.6 is 12.4 Å². The van der Waals surface area contributed by atoms with Crippen LogP contribution in [-0.4, -0.2) is 54.6 Å². The fourth-order valence-electron chi connectivity index (χ4n) is 7.43. The van der Waals surface area contributed by atoms with Crippen molar-refractivity contribution in [3.8, 4) is 0 Å². The van der Waals surface area contributed by atoms with Gasteiger partial charge in [0, 0.05) is 12.8 Å². The minimum atomic E-state index is -0.633. The predicted molar refractivity (Wildman–Crippen MR) is 123 cm³/mol. The maximum absolute atomic E-state index is 12.8. The van der Waals surface area contributed by atoms with Crippen molar-refractivity contribution >= 4 is 24.2 Å². The Hall–Kier alpha value is -0.910. The van der Waals surface area contributed by atoms with E-state index in [2.05, 4.69) is 13.8 Å². The molecule has 7 atom stereocenters. The Morgan fingerprint density at radius 2 is 1.94 bits per heavy atom. The lowest BCUT2D eigenvalue weighted by atomic mass is 9.47. The Labute approximate surface area is 193 Å². The van der Waals surface area contributed by atoms with Crippen LogP contribution in [0.1, 0.15) is 71.6 Å². The van der Waals surface area contributed by atoms with E-state index in [0.29, 0.717) is 30.6 Å². The molecule has 31 heavy (non-hydrogen) atoms. The van der Waals surface area contributed by atoms with Crippen LogP contribution in [-0.2, 0) is 14.3 Å². The number of hydrogen-bond acceptors (Lipinski definition) is 5. The van der Waals surface area contributed by atoms with Crippen molar-refractivity contribution in [2.75, 3.05) is 20.6 Å². The van der Waals surface area contributed by atoms with E-state index in [9.17, 15) is 14.7 Å². The highest BCUT2D eigenvalue weighted by Gasteiger charge is 2.59. The summed E-state index contributed by atoms with van der Waals surface area (Å²) < 4.78 is 5.71. The van der Waals surface area contributed by atoms with Crippen LogP contribution in [0, 0.1) is 28.6 Å². The third-order valence-electron chi connectivity index (χ3n) is 9.19. The molecule has 176 valence electrons.